The Morgan fingerprint density at radius 3 is 2.67 bits per heavy atom. The first kappa shape index (κ1) is 13.3. The minimum Gasteiger partial charge on any atom is -0.398 e. The van der Waals surface area contributed by atoms with E-state index in [1.165, 1.54) is 0 Å². The summed E-state index contributed by atoms with van der Waals surface area (Å²) in [5, 5.41) is 8.35. The van der Waals surface area contributed by atoms with E-state index in [4.69, 9.17) is 16.9 Å². The summed E-state index contributed by atoms with van der Waals surface area (Å²) >= 11 is 0. The van der Waals surface area contributed by atoms with Crippen molar-refractivity contribution in [2.24, 2.45) is 5.73 Å². The van der Waals surface area contributed by atoms with Crippen molar-refractivity contribution in [2.45, 2.75) is 18.8 Å². The maximum absolute atomic E-state index is 11.3. The number of anilines is 1. The highest BCUT2D eigenvalue weighted by molar-refractivity contribution is 6.14. The molecule has 1 aliphatic rings. The molecule has 0 unspecified atom stereocenters. The molecule has 1 aliphatic carbocycles. The Bertz CT molecular complexity index is 745. The predicted molar refractivity (Wildman–Crippen MR) is 85.7 cm³/mol. The molecule has 1 aromatic heterocycles. The fourth-order valence-electron chi connectivity index (χ4n) is 2.29. The quantitative estimate of drug-likeness (QED) is 0.593. The zero-order valence-corrected chi connectivity index (χ0v) is 11.5. The third-order valence-corrected chi connectivity index (χ3v) is 3.67. The summed E-state index contributed by atoms with van der Waals surface area (Å²) in [6.45, 7) is 0. The molecule has 3 rings (SSSR count). The molecule has 0 atom stereocenters. The van der Waals surface area contributed by atoms with Gasteiger partial charge in [-0.3, -0.25) is 15.2 Å². The van der Waals surface area contributed by atoms with E-state index in [1.54, 1.807) is 30.5 Å². The lowest BCUT2D eigenvalue weighted by atomic mass is 9.98. The van der Waals surface area contributed by atoms with Gasteiger partial charge < -0.3 is 11.5 Å². The van der Waals surface area contributed by atoms with Crippen molar-refractivity contribution in [1.82, 2.24) is 4.98 Å². The number of nitrogens with zero attached hydrogens (tertiary/aromatic N) is 1. The molecule has 0 spiro atoms. The maximum Gasteiger partial charge on any atom is 0.248 e. The molecule has 0 radical (unpaired) electrons. The number of hydrogen-bond acceptors (Lipinski definition) is 4. The highest BCUT2D eigenvalue weighted by Gasteiger charge is 2.25. The summed E-state index contributed by atoms with van der Waals surface area (Å²) in [7, 11) is 0. The lowest BCUT2D eigenvalue weighted by Crippen LogP contribution is -2.13. The number of aromatic nitrogens is 1. The molecule has 5 nitrogen and oxygen atoms in total. The molecule has 21 heavy (non-hydrogen) atoms. The summed E-state index contributed by atoms with van der Waals surface area (Å²) in [5.74, 6) is -0.00972. The minimum absolute atomic E-state index is 0. The van der Waals surface area contributed by atoms with Gasteiger partial charge in [0.1, 0.15) is 0 Å². The second kappa shape index (κ2) is 5.01. The van der Waals surface area contributed by atoms with E-state index in [2.05, 4.69) is 4.98 Å². The van der Waals surface area contributed by atoms with Crippen molar-refractivity contribution in [3.63, 3.8) is 0 Å². The minimum atomic E-state index is -0.530. The van der Waals surface area contributed by atoms with Gasteiger partial charge in [0.05, 0.1) is 5.71 Å². The van der Waals surface area contributed by atoms with E-state index in [9.17, 15) is 4.79 Å². The van der Waals surface area contributed by atoms with Gasteiger partial charge >= 0.3 is 0 Å². The second-order valence-electron chi connectivity index (χ2n) is 5.28. The molecule has 0 saturated heterocycles. The fraction of sp³-hybridized carbons (Fsp3) is 0.188. The van der Waals surface area contributed by atoms with Crippen LogP contribution in [0.25, 0.3) is 0 Å². The molecule has 1 amide bonds. The number of nitrogen functional groups attached to an aromatic ring is 1. The Kier molecular flexibility index (Phi) is 3.17. The first-order valence-electron chi connectivity index (χ1n) is 6.81. The largest absolute Gasteiger partial charge is 0.398 e. The molecule has 0 bridgehead atoms. The van der Waals surface area contributed by atoms with Gasteiger partial charge in [-0.2, -0.15) is 0 Å². The monoisotopic (exact) mass is 284 g/mol. The van der Waals surface area contributed by atoms with E-state index in [0.29, 0.717) is 22.7 Å². The van der Waals surface area contributed by atoms with Crippen molar-refractivity contribution >= 4 is 17.3 Å². The molecular weight excluding hydrogens is 264 g/mol. The molecule has 2 aromatic rings. The van der Waals surface area contributed by atoms with E-state index in [-0.39, 0.29) is 8.56 Å². The molecular formula is C16H20N4O. The van der Waals surface area contributed by atoms with E-state index in [0.717, 1.165) is 24.1 Å². The van der Waals surface area contributed by atoms with Crippen LogP contribution in [0.2, 0.25) is 0 Å². The maximum atomic E-state index is 11.3. The van der Waals surface area contributed by atoms with Gasteiger partial charge in [0.15, 0.2) is 0 Å². The molecule has 5 heteroatoms. The van der Waals surface area contributed by atoms with Crippen LogP contribution >= 0.6 is 0 Å². The molecule has 1 aromatic carbocycles. The fourth-order valence-corrected chi connectivity index (χ4v) is 2.29. The predicted octanol–water partition coefficient (Wildman–Crippen LogP) is 2.55. The van der Waals surface area contributed by atoms with Crippen molar-refractivity contribution in [2.75, 3.05) is 5.73 Å². The molecule has 1 saturated carbocycles. The summed E-state index contributed by atoms with van der Waals surface area (Å²) in [6, 6.07) is 8.45. The number of nitrogens with one attached hydrogen (secondary N) is 1. The number of rotatable bonds is 4. The zero-order valence-electron chi connectivity index (χ0n) is 11.5. The average molecular weight is 284 g/mol. The zero-order chi connectivity index (χ0) is 15.0. The number of hydrogen-bond donors (Lipinski definition) is 3. The van der Waals surface area contributed by atoms with Crippen LogP contribution in [0.4, 0.5) is 5.69 Å². The van der Waals surface area contributed by atoms with Crippen molar-refractivity contribution < 1.29 is 7.65 Å². The number of carbonyl (C=O) groups is 1. The first-order chi connectivity index (χ1) is 10.1. The Morgan fingerprint density at radius 2 is 2.00 bits per heavy atom. The van der Waals surface area contributed by atoms with Gasteiger partial charge in [-0.25, -0.2) is 0 Å². The highest BCUT2D eigenvalue weighted by atomic mass is 16.1. The van der Waals surface area contributed by atoms with E-state index >= 15 is 0 Å². The molecule has 1 heterocycles. The number of amides is 1. The van der Waals surface area contributed by atoms with Crippen molar-refractivity contribution in [1.29, 1.82) is 5.41 Å². The van der Waals surface area contributed by atoms with Gasteiger partial charge in [0, 0.05) is 43.0 Å². The van der Waals surface area contributed by atoms with Crippen LogP contribution in [0, 0.1) is 5.41 Å². The standard InChI is InChI=1S/C16H16N4O.2H2/c17-13-4-3-11(16(19)21)7-12(13)15(18)10-5-6-20-14(8-10)9-1-2-9;;/h3-9,18H,1-2,17H2,(H2,19,21);2*1H. The van der Waals surface area contributed by atoms with Crippen LogP contribution in [0.15, 0.2) is 36.5 Å². The lowest BCUT2D eigenvalue weighted by molar-refractivity contribution is 0.100. The Labute approximate surface area is 125 Å². The van der Waals surface area contributed by atoms with Gasteiger partial charge in [-0.15, -0.1) is 0 Å². The van der Waals surface area contributed by atoms with Crippen LogP contribution in [-0.2, 0) is 0 Å². The Hall–Kier alpha value is -2.69. The average Bonchev–Trinajstić information content (AvgIpc) is 3.31. The van der Waals surface area contributed by atoms with Crippen LogP contribution in [0.5, 0.6) is 0 Å². The SMILES string of the molecule is N=C(c1ccnc(C2CC2)c1)c1cc(C(N)=O)ccc1N.[HH].[HH]. The molecule has 1 fully saturated rings. The van der Waals surface area contributed by atoms with Crippen molar-refractivity contribution in [3.05, 3.63) is 58.9 Å². The van der Waals surface area contributed by atoms with Gasteiger partial charge in [0.2, 0.25) is 5.91 Å². The number of nitrogens with two attached hydrogens (primary N) is 2. The molecule has 0 aliphatic heterocycles. The molecule has 5 N–H and O–H groups in total. The summed E-state index contributed by atoms with van der Waals surface area (Å²) < 4.78 is 0. The smallest absolute Gasteiger partial charge is 0.248 e. The summed E-state index contributed by atoms with van der Waals surface area (Å²) in [6.07, 6.45) is 4.03. The van der Waals surface area contributed by atoms with Gasteiger partial charge in [0.25, 0.3) is 0 Å². The molecule has 110 valence electrons. The lowest BCUT2D eigenvalue weighted by Gasteiger charge is -2.10. The van der Waals surface area contributed by atoms with E-state index in [1.807, 2.05) is 6.07 Å². The van der Waals surface area contributed by atoms with Crippen LogP contribution in [0.3, 0.4) is 0 Å². The normalized spacial score (nSPS) is 13.9. The number of carbonyl (C=O) groups excluding carboxylic acids is 1. The number of benzene rings is 1. The number of primary amides is 1. The van der Waals surface area contributed by atoms with Crippen LogP contribution in [-0.4, -0.2) is 16.6 Å². The third-order valence-electron chi connectivity index (χ3n) is 3.67. The van der Waals surface area contributed by atoms with Crippen LogP contribution < -0.4 is 11.5 Å². The highest BCUT2D eigenvalue weighted by Crippen LogP contribution is 2.39. The summed E-state index contributed by atoms with van der Waals surface area (Å²) in [4.78, 5) is 15.6. The topological polar surface area (TPSA) is 106 Å². The second-order valence-corrected chi connectivity index (χ2v) is 5.28. The Balaban J connectivity index is 0.00000132. The number of pyridine rings is 1. The van der Waals surface area contributed by atoms with Crippen molar-refractivity contribution in [3.8, 4) is 0 Å². The first-order valence-corrected chi connectivity index (χ1v) is 6.81. The van der Waals surface area contributed by atoms with Crippen LogP contribution in [0.1, 0.15) is 48.8 Å². The van der Waals surface area contributed by atoms with Gasteiger partial charge in [-0.1, -0.05) is 0 Å². The third kappa shape index (κ3) is 2.63. The van der Waals surface area contributed by atoms with E-state index < -0.39 is 5.91 Å². The summed E-state index contributed by atoms with van der Waals surface area (Å²) in [5.41, 5.74) is 14.6. The van der Waals surface area contributed by atoms with Gasteiger partial charge in [-0.05, 0) is 43.2 Å². The Morgan fingerprint density at radius 1 is 1.24 bits per heavy atom.